The molecule has 0 bridgehead atoms. The lowest BCUT2D eigenvalue weighted by molar-refractivity contribution is -0.140. The van der Waals surface area contributed by atoms with Crippen molar-refractivity contribution in [2.45, 2.75) is 37.0 Å². The predicted molar refractivity (Wildman–Crippen MR) is 122 cm³/mol. The summed E-state index contributed by atoms with van der Waals surface area (Å²) >= 11 is 0. The van der Waals surface area contributed by atoms with E-state index in [1.54, 1.807) is 0 Å². The number of carboxylic acids is 1. The van der Waals surface area contributed by atoms with Gasteiger partial charge in [0.25, 0.3) is 5.91 Å². The van der Waals surface area contributed by atoms with Crippen LogP contribution in [0.2, 0.25) is 0 Å². The number of amides is 2. The molecule has 1 aliphatic carbocycles. The number of nitrogens with one attached hydrogen (secondary N) is 2. The SMILES string of the molecule is COC(CNC(=O)C1OCCC1NC(=O)OCC1c2ccccc2-c2ccccc21)CC(=O)O. The zero-order valence-electron chi connectivity index (χ0n) is 18.9. The number of aliphatic carboxylic acids is 1. The normalized spacial score (nSPS) is 19.7. The summed E-state index contributed by atoms with van der Waals surface area (Å²) in [5, 5.41) is 14.3. The third-order valence-electron chi connectivity index (χ3n) is 6.24. The molecular formula is C25H28N2O7. The second-order valence-electron chi connectivity index (χ2n) is 8.36. The van der Waals surface area contributed by atoms with Gasteiger partial charge in [-0.3, -0.25) is 9.59 Å². The first-order chi connectivity index (χ1) is 16.5. The van der Waals surface area contributed by atoms with Crippen LogP contribution in [0.4, 0.5) is 4.79 Å². The quantitative estimate of drug-likeness (QED) is 0.516. The number of methoxy groups -OCH3 is 1. The third kappa shape index (κ3) is 5.21. The van der Waals surface area contributed by atoms with Gasteiger partial charge in [-0.05, 0) is 28.7 Å². The lowest BCUT2D eigenvalue weighted by Gasteiger charge is -2.21. The minimum Gasteiger partial charge on any atom is -0.481 e. The summed E-state index contributed by atoms with van der Waals surface area (Å²) in [5.74, 6) is -1.51. The molecule has 180 valence electrons. The van der Waals surface area contributed by atoms with Crippen molar-refractivity contribution in [2.75, 3.05) is 26.9 Å². The molecule has 0 spiro atoms. The van der Waals surface area contributed by atoms with Crippen molar-refractivity contribution < 1.29 is 33.7 Å². The number of fused-ring (bicyclic) bond motifs is 3. The molecule has 9 heteroatoms. The van der Waals surface area contributed by atoms with Gasteiger partial charge in [0.15, 0.2) is 6.10 Å². The van der Waals surface area contributed by atoms with E-state index in [1.165, 1.54) is 7.11 Å². The maximum Gasteiger partial charge on any atom is 0.407 e. The van der Waals surface area contributed by atoms with E-state index in [2.05, 4.69) is 22.8 Å². The van der Waals surface area contributed by atoms with E-state index in [9.17, 15) is 14.4 Å². The smallest absolute Gasteiger partial charge is 0.407 e. The van der Waals surface area contributed by atoms with Crippen molar-refractivity contribution in [2.24, 2.45) is 0 Å². The van der Waals surface area contributed by atoms with Gasteiger partial charge in [-0.2, -0.15) is 0 Å². The highest BCUT2D eigenvalue weighted by Gasteiger charge is 2.36. The Balaban J connectivity index is 1.32. The Morgan fingerprint density at radius 1 is 1.09 bits per heavy atom. The van der Waals surface area contributed by atoms with Crippen LogP contribution in [0.25, 0.3) is 11.1 Å². The number of carbonyl (C=O) groups excluding carboxylic acids is 2. The molecule has 1 fully saturated rings. The molecule has 1 heterocycles. The Morgan fingerprint density at radius 3 is 2.35 bits per heavy atom. The zero-order chi connectivity index (χ0) is 24.1. The molecule has 2 amide bonds. The molecule has 9 nitrogen and oxygen atoms in total. The fraction of sp³-hybridized carbons (Fsp3) is 0.400. The molecular weight excluding hydrogens is 440 g/mol. The first-order valence-corrected chi connectivity index (χ1v) is 11.2. The maximum absolute atomic E-state index is 12.6. The van der Waals surface area contributed by atoms with Gasteiger partial charge in [-0.15, -0.1) is 0 Å². The Hall–Kier alpha value is -3.43. The van der Waals surface area contributed by atoms with Crippen LogP contribution in [-0.4, -0.2) is 68.2 Å². The number of rotatable bonds is 9. The molecule has 0 saturated carbocycles. The summed E-state index contributed by atoms with van der Waals surface area (Å²) in [6, 6.07) is 15.6. The zero-order valence-corrected chi connectivity index (χ0v) is 18.9. The average molecular weight is 469 g/mol. The summed E-state index contributed by atoms with van der Waals surface area (Å²) in [4.78, 5) is 36.0. The summed E-state index contributed by atoms with van der Waals surface area (Å²) in [5.41, 5.74) is 4.52. The lowest BCUT2D eigenvalue weighted by atomic mass is 9.98. The fourth-order valence-electron chi connectivity index (χ4n) is 4.54. The van der Waals surface area contributed by atoms with Crippen LogP contribution >= 0.6 is 0 Å². The number of hydrogen-bond acceptors (Lipinski definition) is 6. The summed E-state index contributed by atoms with van der Waals surface area (Å²) in [7, 11) is 1.38. The maximum atomic E-state index is 12.6. The standard InChI is InChI=1S/C25H28N2O7/c1-32-15(12-22(28)29)13-26-24(30)23-21(10-11-33-23)27-25(31)34-14-20-18-8-4-2-6-16(18)17-7-3-5-9-19(17)20/h2-9,15,20-21,23H,10-14H2,1H3,(H,26,30)(H,27,31)(H,28,29). The van der Waals surface area contributed by atoms with E-state index in [1.807, 2.05) is 36.4 Å². The summed E-state index contributed by atoms with van der Waals surface area (Å²) < 4.78 is 16.1. The van der Waals surface area contributed by atoms with E-state index >= 15 is 0 Å². The molecule has 4 rings (SSSR count). The van der Waals surface area contributed by atoms with Gasteiger partial charge in [-0.1, -0.05) is 48.5 Å². The highest BCUT2D eigenvalue weighted by atomic mass is 16.6. The van der Waals surface area contributed by atoms with Crippen LogP contribution in [0, 0.1) is 0 Å². The van der Waals surface area contributed by atoms with Crippen LogP contribution in [-0.2, 0) is 23.8 Å². The van der Waals surface area contributed by atoms with Gasteiger partial charge in [0.2, 0.25) is 0 Å². The van der Waals surface area contributed by atoms with Crippen LogP contribution in [0.5, 0.6) is 0 Å². The van der Waals surface area contributed by atoms with Crippen LogP contribution < -0.4 is 10.6 Å². The molecule has 2 aromatic rings. The minimum atomic E-state index is -1.02. The molecule has 2 aliphatic rings. The molecule has 2 aromatic carbocycles. The minimum absolute atomic E-state index is 0.0269. The predicted octanol–water partition coefficient (Wildman–Crippen LogP) is 2.29. The van der Waals surface area contributed by atoms with Gasteiger partial charge in [-0.25, -0.2) is 4.79 Å². The number of alkyl carbamates (subject to hydrolysis) is 1. The molecule has 3 atom stereocenters. The molecule has 0 aromatic heterocycles. The summed E-state index contributed by atoms with van der Waals surface area (Å²) in [6.45, 7) is 0.517. The van der Waals surface area contributed by atoms with Crippen molar-refractivity contribution in [1.29, 1.82) is 0 Å². The number of carboxylic acid groups (broad SMARTS) is 1. The van der Waals surface area contributed by atoms with Gasteiger partial charge >= 0.3 is 12.1 Å². The van der Waals surface area contributed by atoms with Crippen LogP contribution in [0.3, 0.4) is 0 Å². The highest BCUT2D eigenvalue weighted by Crippen LogP contribution is 2.44. The number of ether oxygens (including phenoxy) is 3. The Bertz CT molecular complexity index is 1010. The second-order valence-corrected chi connectivity index (χ2v) is 8.36. The van der Waals surface area contributed by atoms with E-state index in [0.717, 1.165) is 22.3 Å². The number of benzene rings is 2. The highest BCUT2D eigenvalue weighted by molar-refractivity contribution is 5.83. The molecule has 1 aliphatic heterocycles. The Labute approximate surface area is 197 Å². The first kappa shape index (κ1) is 23.7. The first-order valence-electron chi connectivity index (χ1n) is 11.2. The molecule has 3 unspecified atom stereocenters. The summed E-state index contributed by atoms with van der Waals surface area (Å²) in [6.07, 6.45) is -1.93. The monoisotopic (exact) mass is 468 g/mol. The van der Waals surface area contributed by atoms with Crippen LogP contribution in [0.15, 0.2) is 48.5 Å². The van der Waals surface area contributed by atoms with Gasteiger partial charge < -0.3 is 30.0 Å². The lowest BCUT2D eigenvalue weighted by Crippen LogP contribution is -2.49. The second kappa shape index (κ2) is 10.7. The Kier molecular flexibility index (Phi) is 7.44. The number of carbonyl (C=O) groups is 3. The van der Waals surface area contributed by atoms with Crippen LogP contribution in [0.1, 0.15) is 29.9 Å². The van der Waals surface area contributed by atoms with Gasteiger partial charge in [0.1, 0.15) is 6.61 Å². The Morgan fingerprint density at radius 2 is 1.74 bits per heavy atom. The molecule has 1 saturated heterocycles. The average Bonchev–Trinajstić information content (AvgIpc) is 3.42. The van der Waals surface area contributed by atoms with Crippen molar-refractivity contribution in [3.05, 3.63) is 59.7 Å². The van der Waals surface area contributed by atoms with Crippen molar-refractivity contribution in [3.8, 4) is 11.1 Å². The molecule has 0 radical (unpaired) electrons. The van der Waals surface area contributed by atoms with E-state index in [4.69, 9.17) is 19.3 Å². The number of hydrogen-bond donors (Lipinski definition) is 3. The van der Waals surface area contributed by atoms with E-state index < -0.39 is 36.2 Å². The van der Waals surface area contributed by atoms with Crippen molar-refractivity contribution >= 4 is 18.0 Å². The fourth-order valence-corrected chi connectivity index (χ4v) is 4.54. The van der Waals surface area contributed by atoms with E-state index in [-0.39, 0.29) is 25.5 Å². The molecule has 3 N–H and O–H groups in total. The van der Waals surface area contributed by atoms with Crippen molar-refractivity contribution in [1.82, 2.24) is 10.6 Å². The molecule has 34 heavy (non-hydrogen) atoms. The van der Waals surface area contributed by atoms with Crippen molar-refractivity contribution in [3.63, 3.8) is 0 Å². The third-order valence-corrected chi connectivity index (χ3v) is 6.24. The van der Waals surface area contributed by atoms with Gasteiger partial charge in [0, 0.05) is 26.2 Å². The van der Waals surface area contributed by atoms with Gasteiger partial charge in [0.05, 0.1) is 18.6 Å². The largest absolute Gasteiger partial charge is 0.481 e. The topological polar surface area (TPSA) is 123 Å². The van der Waals surface area contributed by atoms with E-state index in [0.29, 0.717) is 13.0 Å².